The van der Waals surface area contributed by atoms with Crippen LogP contribution in [0, 0.1) is 0 Å². The number of hydrogen-bond donors (Lipinski definition) is 1. The lowest BCUT2D eigenvalue weighted by molar-refractivity contribution is 0.213. The fourth-order valence-corrected chi connectivity index (χ4v) is 2.05. The van der Waals surface area contributed by atoms with E-state index in [1.54, 1.807) is 0 Å². The summed E-state index contributed by atoms with van der Waals surface area (Å²) in [7, 11) is 0. The number of aliphatic hydroxyl groups excluding tert-OH is 1. The number of fused-ring (bicyclic) bond motifs is 1. The molecule has 1 aromatic carbocycles. The summed E-state index contributed by atoms with van der Waals surface area (Å²) in [5, 5.41) is 9.34. The highest BCUT2D eigenvalue weighted by molar-refractivity contribution is 5.59. The third-order valence-electron chi connectivity index (χ3n) is 3.00. The lowest BCUT2D eigenvalue weighted by atomic mass is 10.0. The second kappa shape index (κ2) is 3.28. The maximum atomic E-state index is 9.34. The van der Waals surface area contributed by atoms with E-state index in [9.17, 15) is 5.11 Å². The van der Waals surface area contributed by atoms with E-state index in [0.29, 0.717) is 0 Å². The van der Waals surface area contributed by atoms with Crippen LogP contribution in [0.3, 0.4) is 0 Å². The van der Waals surface area contributed by atoms with E-state index in [4.69, 9.17) is 0 Å². The van der Waals surface area contributed by atoms with Crippen molar-refractivity contribution in [3.63, 3.8) is 0 Å². The fraction of sp³-hybridized carbons (Fsp3) is 0.500. The minimum absolute atomic E-state index is 0.146. The summed E-state index contributed by atoms with van der Waals surface area (Å²) in [5.74, 6) is 0. The van der Waals surface area contributed by atoms with E-state index in [2.05, 4.69) is 43.0 Å². The first kappa shape index (κ1) is 9.53. The van der Waals surface area contributed by atoms with Crippen LogP contribution in [0.2, 0.25) is 0 Å². The number of anilines is 1. The van der Waals surface area contributed by atoms with Crippen molar-refractivity contribution >= 4 is 5.69 Å². The van der Waals surface area contributed by atoms with E-state index < -0.39 is 0 Å². The SMILES string of the molecule is CC(C)(CO)N1CCc2ccccc21. The average Bonchev–Trinajstić information content (AvgIpc) is 2.61. The summed E-state index contributed by atoms with van der Waals surface area (Å²) in [6, 6.07) is 8.45. The molecular formula is C12H17NO. The van der Waals surface area contributed by atoms with Gasteiger partial charge in [-0.05, 0) is 31.9 Å². The molecule has 0 atom stereocenters. The molecule has 0 amide bonds. The summed E-state index contributed by atoms with van der Waals surface area (Å²) in [5.41, 5.74) is 2.53. The van der Waals surface area contributed by atoms with Gasteiger partial charge in [-0.2, -0.15) is 0 Å². The molecule has 1 aliphatic rings. The Morgan fingerprint density at radius 2 is 2.07 bits per heavy atom. The Balaban J connectivity index is 2.35. The monoisotopic (exact) mass is 191 g/mol. The smallest absolute Gasteiger partial charge is 0.0658 e. The third-order valence-corrected chi connectivity index (χ3v) is 3.00. The molecule has 0 fully saturated rings. The minimum atomic E-state index is -0.146. The number of para-hydroxylation sites is 1. The average molecular weight is 191 g/mol. The van der Waals surface area contributed by atoms with Crippen LogP contribution in [-0.2, 0) is 6.42 Å². The molecule has 14 heavy (non-hydrogen) atoms. The molecule has 0 radical (unpaired) electrons. The maximum absolute atomic E-state index is 9.34. The van der Waals surface area contributed by atoms with Crippen LogP contribution in [0.1, 0.15) is 19.4 Å². The molecule has 76 valence electrons. The Bertz CT molecular complexity index is 333. The van der Waals surface area contributed by atoms with Crippen molar-refractivity contribution in [2.45, 2.75) is 25.8 Å². The molecule has 0 aliphatic carbocycles. The Morgan fingerprint density at radius 1 is 1.36 bits per heavy atom. The van der Waals surface area contributed by atoms with Gasteiger partial charge in [0.25, 0.3) is 0 Å². The Labute approximate surface area is 85.2 Å². The van der Waals surface area contributed by atoms with Gasteiger partial charge in [0.05, 0.1) is 12.1 Å². The normalized spacial score (nSPS) is 15.8. The minimum Gasteiger partial charge on any atom is -0.394 e. The van der Waals surface area contributed by atoms with Gasteiger partial charge < -0.3 is 10.0 Å². The first-order valence-electron chi connectivity index (χ1n) is 5.11. The summed E-state index contributed by atoms with van der Waals surface area (Å²) < 4.78 is 0. The van der Waals surface area contributed by atoms with Gasteiger partial charge in [-0.3, -0.25) is 0 Å². The van der Waals surface area contributed by atoms with Gasteiger partial charge in [-0.15, -0.1) is 0 Å². The molecule has 1 aromatic rings. The van der Waals surface area contributed by atoms with Crippen LogP contribution in [0.5, 0.6) is 0 Å². The highest BCUT2D eigenvalue weighted by Gasteiger charge is 2.30. The predicted molar refractivity (Wildman–Crippen MR) is 58.7 cm³/mol. The van der Waals surface area contributed by atoms with Gasteiger partial charge in [-0.25, -0.2) is 0 Å². The second-order valence-corrected chi connectivity index (χ2v) is 4.50. The van der Waals surface area contributed by atoms with Gasteiger partial charge in [-0.1, -0.05) is 18.2 Å². The van der Waals surface area contributed by atoms with Crippen molar-refractivity contribution in [3.05, 3.63) is 29.8 Å². The zero-order valence-corrected chi connectivity index (χ0v) is 8.83. The molecule has 0 bridgehead atoms. The molecular weight excluding hydrogens is 174 g/mol. The lowest BCUT2D eigenvalue weighted by Gasteiger charge is -2.36. The zero-order chi connectivity index (χ0) is 10.2. The molecule has 2 heteroatoms. The van der Waals surface area contributed by atoms with Crippen LogP contribution in [-0.4, -0.2) is 23.8 Å². The van der Waals surface area contributed by atoms with Crippen LogP contribution in [0.4, 0.5) is 5.69 Å². The van der Waals surface area contributed by atoms with Crippen molar-refractivity contribution in [2.24, 2.45) is 0 Å². The van der Waals surface area contributed by atoms with Gasteiger partial charge >= 0.3 is 0 Å². The number of nitrogens with zero attached hydrogens (tertiary/aromatic N) is 1. The van der Waals surface area contributed by atoms with Gasteiger partial charge in [0.2, 0.25) is 0 Å². The molecule has 0 spiro atoms. The molecule has 2 rings (SSSR count). The van der Waals surface area contributed by atoms with Crippen LogP contribution < -0.4 is 4.90 Å². The quantitative estimate of drug-likeness (QED) is 0.770. The van der Waals surface area contributed by atoms with Crippen LogP contribution >= 0.6 is 0 Å². The molecule has 1 heterocycles. The summed E-state index contributed by atoms with van der Waals surface area (Å²) in [6.45, 7) is 5.37. The van der Waals surface area contributed by atoms with Gasteiger partial charge in [0.15, 0.2) is 0 Å². The zero-order valence-electron chi connectivity index (χ0n) is 8.83. The largest absolute Gasteiger partial charge is 0.394 e. The van der Waals surface area contributed by atoms with Crippen LogP contribution in [0.15, 0.2) is 24.3 Å². The van der Waals surface area contributed by atoms with Crippen molar-refractivity contribution < 1.29 is 5.11 Å². The Morgan fingerprint density at radius 3 is 2.79 bits per heavy atom. The number of rotatable bonds is 2. The van der Waals surface area contributed by atoms with Crippen molar-refractivity contribution in [1.29, 1.82) is 0 Å². The van der Waals surface area contributed by atoms with E-state index in [-0.39, 0.29) is 12.1 Å². The van der Waals surface area contributed by atoms with E-state index >= 15 is 0 Å². The lowest BCUT2D eigenvalue weighted by Crippen LogP contribution is -2.46. The third kappa shape index (κ3) is 1.40. The summed E-state index contributed by atoms with van der Waals surface area (Å²) in [4.78, 5) is 2.29. The first-order chi connectivity index (χ1) is 6.65. The first-order valence-corrected chi connectivity index (χ1v) is 5.11. The number of aliphatic hydroxyl groups is 1. The topological polar surface area (TPSA) is 23.5 Å². The number of hydrogen-bond acceptors (Lipinski definition) is 2. The molecule has 0 unspecified atom stereocenters. The van der Waals surface area contributed by atoms with E-state index in [1.807, 2.05) is 0 Å². The number of benzene rings is 1. The molecule has 0 saturated heterocycles. The fourth-order valence-electron chi connectivity index (χ4n) is 2.05. The van der Waals surface area contributed by atoms with E-state index in [1.165, 1.54) is 11.3 Å². The van der Waals surface area contributed by atoms with Crippen molar-refractivity contribution in [2.75, 3.05) is 18.1 Å². The van der Waals surface area contributed by atoms with Crippen molar-refractivity contribution in [3.8, 4) is 0 Å². The Hall–Kier alpha value is -1.02. The molecule has 1 N–H and O–H groups in total. The molecule has 0 saturated carbocycles. The predicted octanol–water partition coefficient (Wildman–Crippen LogP) is 1.82. The summed E-state index contributed by atoms with van der Waals surface area (Å²) in [6.07, 6.45) is 1.10. The maximum Gasteiger partial charge on any atom is 0.0658 e. The van der Waals surface area contributed by atoms with Gasteiger partial charge in [0, 0.05) is 12.2 Å². The second-order valence-electron chi connectivity index (χ2n) is 4.50. The van der Waals surface area contributed by atoms with Gasteiger partial charge in [0.1, 0.15) is 0 Å². The van der Waals surface area contributed by atoms with E-state index in [0.717, 1.165) is 13.0 Å². The standard InChI is InChI=1S/C12H17NO/c1-12(2,9-14)13-8-7-10-5-3-4-6-11(10)13/h3-6,14H,7-9H2,1-2H3. The van der Waals surface area contributed by atoms with Crippen molar-refractivity contribution in [1.82, 2.24) is 0 Å². The highest BCUT2D eigenvalue weighted by Crippen LogP contribution is 2.32. The summed E-state index contributed by atoms with van der Waals surface area (Å²) >= 11 is 0. The van der Waals surface area contributed by atoms with Crippen LogP contribution in [0.25, 0.3) is 0 Å². The molecule has 1 aliphatic heterocycles. The molecule has 0 aromatic heterocycles. The Kier molecular flexibility index (Phi) is 2.23. The highest BCUT2D eigenvalue weighted by atomic mass is 16.3. The molecule has 2 nitrogen and oxygen atoms in total.